The molecule has 0 radical (unpaired) electrons. The molecule has 0 aliphatic carbocycles. The van der Waals surface area contributed by atoms with E-state index in [0.717, 1.165) is 34.8 Å². The summed E-state index contributed by atoms with van der Waals surface area (Å²) in [6.45, 7) is 7.00. The first kappa shape index (κ1) is 17.9. The van der Waals surface area contributed by atoms with Crippen LogP contribution in [0, 0.1) is 0 Å². The van der Waals surface area contributed by atoms with E-state index in [0.29, 0.717) is 12.5 Å². The number of likely N-dealkylation sites (tertiary alicyclic amines) is 1. The SMILES string of the molecule is CC(C)(C)OC(=O)N1CCCC1CNc1ncc2cc(Br)ccc2n1. The van der Waals surface area contributed by atoms with Crippen molar-refractivity contribution in [1.82, 2.24) is 14.9 Å². The lowest BCUT2D eigenvalue weighted by Crippen LogP contribution is -2.42. The molecule has 134 valence electrons. The number of anilines is 1. The molecule has 1 aliphatic rings. The van der Waals surface area contributed by atoms with Gasteiger partial charge in [-0.15, -0.1) is 0 Å². The average Bonchev–Trinajstić information content (AvgIpc) is 3.00. The first-order valence-electron chi connectivity index (χ1n) is 8.48. The van der Waals surface area contributed by atoms with Gasteiger partial charge in [0.25, 0.3) is 0 Å². The summed E-state index contributed by atoms with van der Waals surface area (Å²) in [5.74, 6) is 0.575. The van der Waals surface area contributed by atoms with Crippen LogP contribution in [0.2, 0.25) is 0 Å². The number of amides is 1. The fraction of sp³-hybridized carbons (Fsp3) is 0.500. The van der Waals surface area contributed by atoms with Gasteiger partial charge in [-0.1, -0.05) is 15.9 Å². The molecule has 1 aromatic heterocycles. The molecule has 7 heteroatoms. The third kappa shape index (κ3) is 4.60. The van der Waals surface area contributed by atoms with E-state index in [4.69, 9.17) is 4.74 Å². The third-order valence-electron chi connectivity index (χ3n) is 4.04. The minimum absolute atomic E-state index is 0.0964. The fourth-order valence-electron chi connectivity index (χ4n) is 2.91. The molecule has 2 aromatic rings. The van der Waals surface area contributed by atoms with Crippen molar-refractivity contribution in [2.24, 2.45) is 0 Å². The number of ether oxygens (including phenoxy) is 1. The average molecular weight is 407 g/mol. The second-order valence-electron chi connectivity index (χ2n) is 7.25. The lowest BCUT2D eigenvalue weighted by atomic mass is 10.2. The van der Waals surface area contributed by atoms with Crippen LogP contribution in [0.3, 0.4) is 0 Å². The molecule has 1 fully saturated rings. The van der Waals surface area contributed by atoms with Crippen LogP contribution in [-0.2, 0) is 4.74 Å². The number of hydrogen-bond acceptors (Lipinski definition) is 5. The molecule has 0 saturated carbocycles. The number of benzene rings is 1. The standard InChI is InChI=1S/C18H23BrN4O2/c1-18(2,3)25-17(24)23-8-4-5-14(23)11-21-16-20-10-12-9-13(19)6-7-15(12)22-16/h6-7,9-10,14H,4-5,8,11H2,1-3H3,(H,20,21,22). The number of hydrogen-bond donors (Lipinski definition) is 1. The lowest BCUT2D eigenvalue weighted by molar-refractivity contribution is 0.0235. The van der Waals surface area contributed by atoms with Gasteiger partial charge in [0.05, 0.1) is 11.6 Å². The maximum Gasteiger partial charge on any atom is 0.410 e. The summed E-state index contributed by atoms with van der Waals surface area (Å²) in [7, 11) is 0. The van der Waals surface area contributed by atoms with Crippen molar-refractivity contribution in [2.45, 2.75) is 45.3 Å². The van der Waals surface area contributed by atoms with Gasteiger partial charge < -0.3 is 15.0 Å². The lowest BCUT2D eigenvalue weighted by Gasteiger charge is -2.28. The van der Waals surface area contributed by atoms with Crippen LogP contribution in [0.25, 0.3) is 10.9 Å². The molecule has 1 unspecified atom stereocenters. The van der Waals surface area contributed by atoms with Crippen LogP contribution in [0.4, 0.5) is 10.7 Å². The maximum atomic E-state index is 12.3. The Balaban J connectivity index is 1.64. The Morgan fingerprint density at radius 2 is 2.24 bits per heavy atom. The van der Waals surface area contributed by atoms with E-state index in [1.807, 2.05) is 39.0 Å². The summed E-state index contributed by atoms with van der Waals surface area (Å²) >= 11 is 3.45. The molecule has 25 heavy (non-hydrogen) atoms. The van der Waals surface area contributed by atoms with E-state index in [2.05, 4.69) is 31.2 Å². The number of halogens is 1. The number of aromatic nitrogens is 2. The van der Waals surface area contributed by atoms with E-state index < -0.39 is 5.60 Å². The molecule has 2 heterocycles. The normalized spacial score (nSPS) is 17.8. The van der Waals surface area contributed by atoms with Crippen LogP contribution < -0.4 is 5.32 Å². The Bertz CT molecular complexity index is 775. The topological polar surface area (TPSA) is 67.3 Å². The summed E-state index contributed by atoms with van der Waals surface area (Å²) in [5, 5.41) is 4.24. The van der Waals surface area contributed by atoms with Gasteiger partial charge in [-0.2, -0.15) is 0 Å². The largest absolute Gasteiger partial charge is 0.444 e. The Labute approximate surface area is 156 Å². The van der Waals surface area contributed by atoms with E-state index in [1.54, 1.807) is 11.1 Å². The van der Waals surface area contributed by atoms with Crippen molar-refractivity contribution < 1.29 is 9.53 Å². The molecular weight excluding hydrogens is 384 g/mol. The minimum Gasteiger partial charge on any atom is -0.444 e. The van der Waals surface area contributed by atoms with Gasteiger partial charge in [0.2, 0.25) is 5.95 Å². The molecule has 6 nitrogen and oxygen atoms in total. The number of nitrogens with zero attached hydrogens (tertiary/aromatic N) is 3. The van der Waals surface area contributed by atoms with Gasteiger partial charge in [-0.3, -0.25) is 0 Å². The van der Waals surface area contributed by atoms with Crippen molar-refractivity contribution in [2.75, 3.05) is 18.4 Å². The van der Waals surface area contributed by atoms with E-state index >= 15 is 0 Å². The molecule has 0 spiro atoms. The van der Waals surface area contributed by atoms with Gasteiger partial charge >= 0.3 is 6.09 Å². The van der Waals surface area contributed by atoms with Gasteiger partial charge in [0.15, 0.2) is 0 Å². The van der Waals surface area contributed by atoms with Gasteiger partial charge in [0, 0.05) is 29.1 Å². The minimum atomic E-state index is -0.479. The summed E-state index contributed by atoms with van der Waals surface area (Å²) in [4.78, 5) is 23.0. The Kier molecular flexibility index (Phi) is 5.13. The number of carbonyl (C=O) groups is 1. The molecule has 1 atom stereocenters. The van der Waals surface area contributed by atoms with E-state index in [-0.39, 0.29) is 12.1 Å². The van der Waals surface area contributed by atoms with Crippen LogP contribution in [-0.4, -0.2) is 45.7 Å². The Morgan fingerprint density at radius 1 is 1.44 bits per heavy atom. The van der Waals surface area contributed by atoms with Gasteiger partial charge in [-0.25, -0.2) is 14.8 Å². The smallest absolute Gasteiger partial charge is 0.410 e. The second-order valence-corrected chi connectivity index (χ2v) is 8.16. The van der Waals surface area contributed by atoms with Crippen LogP contribution in [0.1, 0.15) is 33.6 Å². The highest BCUT2D eigenvalue weighted by molar-refractivity contribution is 9.10. The first-order chi connectivity index (χ1) is 11.8. The molecular formula is C18H23BrN4O2. The van der Waals surface area contributed by atoms with E-state index in [1.165, 1.54) is 0 Å². The van der Waals surface area contributed by atoms with Crippen molar-refractivity contribution in [3.05, 3.63) is 28.9 Å². The fourth-order valence-corrected chi connectivity index (χ4v) is 3.29. The second kappa shape index (κ2) is 7.15. The summed E-state index contributed by atoms with van der Waals surface area (Å²) < 4.78 is 6.50. The van der Waals surface area contributed by atoms with Crippen molar-refractivity contribution in [3.8, 4) is 0 Å². The quantitative estimate of drug-likeness (QED) is 0.826. The van der Waals surface area contributed by atoms with Crippen molar-refractivity contribution in [1.29, 1.82) is 0 Å². The Hall–Kier alpha value is -1.89. The molecule has 1 amide bonds. The zero-order valence-corrected chi connectivity index (χ0v) is 16.3. The number of rotatable bonds is 3. The Morgan fingerprint density at radius 3 is 3.00 bits per heavy atom. The maximum absolute atomic E-state index is 12.3. The highest BCUT2D eigenvalue weighted by Crippen LogP contribution is 2.22. The van der Waals surface area contributed by atoms with Crippen molar-refractivity contribution in [3.63, 3.8) is 0 Å². The molecule has 1 aromatic carbocycles. The van der Waals surface area contributed by atoms with E-state index in [9.17, 15) is 4.79 Å². The zero-order valence-electron chi connectivity index (χ0n) is 14.8. The predicted octanol–water partition coefficient (Wildman–Crippen LogP) is 4.20. The summed E-state index contributed by atoms with van der Waals surface area (Å²) in [6, 6.07) is 5.99. The number of fused-ring (bicyclic) bond motifs is 1. The highest BCUT2D eigenvalue weighted by Gasteiger charge is 2.32. The van der Waals surface area contributed by atoms with Crippen LogP contribution in [0.15, 0.2) is 28.9 Å². The van der Waals surface area contributed by atoms with Gasteiger partial charge in [0.1, 0.15) is 5.60 Å². The van der Waals surface area contributed by atoms with Crippen molar-refractivity contribution >= 4 is 38.9 Å². The molecule has 0 bridgehead atoms. The number of carbonyl (C=O) groups excluding carboxylic acids is 1. The third-order valence-corrected chi connectivity index (χ3v) is 4.54. The molecule has 1 saturated heterocycles. The summed E-state index contributed by atoms with van der Waals surface area (Å²) in [6.07, 6.45) is 3.49. The van der Waals surface area contributed by atoms with Gasteiger partial charge in [-0.05, 0) is 51.8 Å². The molecule has 1 N–H and O–H groups in total. The summed E-state index contributed by atoms with van der Waals surface area (Å²) in [5.41, 5.74) is 0.407. The van der Waals surface area contributed by atoms with Crippen LogP contribution in [0.5, 0.6) is 0 Å². The number of nitrogens with one attached hydrogen (secondary N) is 1. The monoisotopic (exact) mass is 406 g/mol. The zero-order chi connectivity index (χ0) is 18.0. The highest BCUT2D eigenvalue weighted by atomic mass is 79.9. The molecule has 3 rings (SSSR count). The first-order valence-corrected chi connectivity index (χ1v) is 9.27. The molecule has 1 aliphatic heterocycles. The predicted molar refractivity (Wildman–Crippen MR) is 102 cm³/mol. The van der Waals surface area contributed by atoms with Crippen LogP contribution >= 0.6 is 15.9 Å².